The van der Waals surface area contributed by atoms with Gasteiger partial charge in [0.05, 0.1) is 0 Å². The van der Waals surface area contributed by atoms with Crippen molar-refractivity contribution < 1.29 is 0 Å². The molecule has 0 spiro atoms. The lowest BCUT2D eigenvalue weighted by Gasteiger charge is -2.19. The first kappa shape index (κ1) is 12.9. The standard InChI is InChI=1S/C20H23N/c1-20(2)10-9-17(13-20)21-16-7-8-19-15(12-16)11-14-5-3-4-6-18(14)19/h3-8,12,17,21H,9-11,13H2,1-2H3. The van der Waals surface area contributed by atoms with Gasteiger partial charge in [0.15, 0.2) is 0 Å². The number of rotatable bonds is 2. The molecule has 2 aromatic carbocycles. The molecule has 0 radical (unpaired) electrons. The van der Waals surface area contributed by atoms with Gasteiger partial charge in [-0.2, -0.15) is 0 Å². The fourth-order valence-electron chi connectivity index (χ4n) is 4.03. The van der Waals surface area contributed by atoms with E-state index in [0.29, 0.717) is 11.5 Å². The molecule has 0 saturated heterocycles. The van der Waals surface area contributed by atoms with Crippen LogP contribution in [-0.4, -0.2) is 6.04 Å². The molecule has 1 N–H and O–H groups in total. The predicted octanol–water partition coefficient (Wildman–Crippen LogP) is 5.25. The molecule has 21 heavy (non-hydrogen) atoms. The second kappa shape index (κ2) is 4.62. The molecule has 108 valence electrons. The van der Waals surface area contributed by atoms with E-state index in [4.69, 9.17) is 0 Å². The molecule has 1 heteroatoms. The topological polar surface area (TPSA) is 12.0 Å². The van der Waals surface area contributed by atoms with Gasteiger partial charge in [-0.3, -0.25) is 0 Å². The smallest absolute Gasteiger partial charge is 0.0345 e. The zero-order chi connectivity index (χ0) is 14.4. The fraction of sp³-hybridized carbons (Fsp3) is 0.400. The molecule has 1 unspecified atom stereocenters. The van der Waals surface area contributed by atoms with Crippen LogP contribution in [-0.2, 0) is 6.42 Å². The average molecular weight is 277 g/mol. The van der Waals surface area contributed by atoms with Crippen LogP contribution < -0.4 is 5.32 Å². The summed E-state index contributed by atoms with van der Waals surface area (Å²) < 4.78 is 0. The summed E-state index contributed by atoms with van der Waals surface area (Å²) in [5, 5.41) is 3.75. The van der Waals surface area contributed by atoms with Gasteiger partial charge >= 0.3 is 0 Å². The Morgan fingerprint density at radius 2 is 1.81 bits per heavy atom. The molecule has 0 aromatic heterocycles. The summed E-state index contributed by atoms with van der Waals surface area (Å²) in [5.74, 6) is 0. The van der Waals surface area contributed by atoms with E-state index in [9.17, 15) is 0 Å². The maximum atomic E-state index is 3.75. The van der Waals surface area contributed by atoms with E-state index in [2.05, 4.69) is 61.6 Å². The van der Waals surface area contributed by atoms with Crippen molar-refractivity contribution in [1.29, 1.82) is 0 Å². The van der Waals surface area contributed by atoms with E-state index >= 15 is 0 Å². The molecular weight excluding hydrogens is 254 g/mol. The fourth-order valence-corrected chi connectivity index (χ4v) is 4.03. The Labute approximate surface area is 127 Å². The number of hydrogen-bond donors (Lipinski definition) is 1. The van der Waals surface area contributed by atoms with E-state index in [0.717, 1.165) is 6.42 Å². The minimum absolute atomic E-state index is 0.505. The maximum Gasteiger partial charge on any atom is 0.0345 e. The highest BCUT2D eigenvalue weighted by Crippen LogP contribution is 2.40. The molecule has 2 aromatic rings. The SMILES string of the molecule is CC1(C)CCC(Nc2ccc3c(c2)Cc2ccccc2-3)C1. The van der Waals surface area contributed by atoms with Gasteiger partial charge in [-0.15, -0.1) is 0 Å². The van der Waals surface area contributed by atoms with Crippen molar-refractivity contribution in [1.82, 2.24) is 0 Å². The zero-order valence-electron chi connectivity index (χ0n) is 12.9. The molecule has 2 aliphatic carbocycles. The van der Waals surface area contributed by atoms with E-state index in [1.165, 1.54) is 47.2 Å². The molecule has 4 rings (SSSR count). The first-order valence-electron chi connectivity index (χ1n) is 8.08. The molecule has 1 fully saturated rings. The average Bonchev–Trinajstić information content (AvgIpc) is 2.98. The summed E-state index contributed by atoms with van der Waals surface area (Å²) in [6, 6.07) is 16.3. The van der Waals surface area contributed by atoms with Crippen molar-refractivity contribution in [2.24, 2.45) is 5.41 Å². The summed E-state index contributed by atoms with van der Waals surface area (Å²) in [6.45, 7) is 4.77. The van der Waals surface area contributed by atoms with Crippen LogP contribution in [0.5, 0.6) is 0 Å². The molecule has 1 atom stereocenters. The number of hydrogen-bond acceptors (Lipinski definition) is 1. The van der Waals surface area contributed by atoms with Gasteiger partial charge in [-0.05, 0) is 65.5 Å². The Morgan fingerprint density at radius 3 is 2.62 bits per heavy atom. The molecule has 1 nitrogen and oxygen atoms in total. The second-order valence-electron chi connectivity index (χ2n) is 7.45. The quantitative estimate of drug-likeness (QED) is 0.674. The van der Waals surface area contributed by atoms with E-state index in [1.807, 2.05) is 0 Å². The molecule has 0 amide bonds. The Kier molecular flexibility index (Phi) is 2.85. The molecule has 0 heterocycles. The van der Waals surface area contributed by atoms with Gasteiger partial charge in [-0.25, -0.2) is 0 Å². The first-order chi connectivity index (χ1) is 10.1. The molecule has 0 bridgehead atoms. The minimum atomic E-state index is 0.505. The van der Waals surface area contributed by atoms with Gasteiger partial charge in [0.1, 0.15) is 0 Å². The summed E-state index contributed by atoms with van der Waals surface area (Å²) in [7, 11) is 0. The second-order valence-corrected chi connectivity index (χ2v) is 7.45. The van der Waals surface area contributed by atoms with Gasteiger partial charge < -0.3 is 5.32 Å². The van der Waals surface area contributed by atoms with E-state index in [-0.39, 0.29) is 0 Å². The van der Waals surface area contributed by atoms with Gasteiger partial charge in [0.2, 0.25) is 0 Å². The Balaban J connectivity index is 1.57. The summed E-state index contributed by atoms with van der Waals surface area (Å²) in [5.41, 5.74) is 7.57. The largest absolute Gasteiger partial charge is 0.382 e. The van der Waals surface area contributed by atoms with Gasteiger partial charge in [0.25, 0.3) is 0 Å². The van der Waals surface area contributed by atoms with Crippen LogP contribution in [0.25, 0.3) is 11.1 Å². The lowest BCUT2D eigenvalue weighted by atomic mass is 9.92. The van der Waals surface area contributed by atoms with Crippen molar-refractivity contribution in [2.45, 2.75) is 45.6 Å². The summed E-state index contributed by atoms with van der Waals surface area (Å²) in [4.78, 5) is 0. The monoisotopic (exact) mass is 277 g/mol. The predicted molar refractivity (Wildman–Crippen MR) is 89.7 cm³/mol. The molecule has 2 aliphatic rings. The Hall–Kier alpha value is -1.76. The van der Waals surface area contributed by atoms with Crippen LogP contribution in [0.4, 0.5) is 5.69 Å². The third-order valence-electron chi connectivity index (χ3n) is 5.13. The normalized spacial score (nSPS) is 21.9. The lowest BCUT2D eigenvalue weighted by Crippen LogP contribution is -2.17. The highest BCUT2D eigenvalue weighted by Gasteiger charge is 2.30. The highest BCUT2D eigenvalue weighted by atomic mass is 14.9. The number of nitrogens with one attached hydrogen (secondary N) is 1. The van der Waals surface area contributed by atoms with Crippen LogP contribution in [0, 0.1) is 5.41 Å². The van der Waals surface area contributed by atoms with Crippen molar-refractivity contribution in [3.63, 3.8) is 0 Å². The van der Waals surface area contributed by atoms with Crippen molar-refractivity contribution in [3.05, 3.63) is 53.6 Å². The zero-order valence-corrected chi connectivity index (χ0v) is 12.9. The van der Waals surface area contributed by atoms with Crippen molar-refractivity contribution in [2.75, 3.05) is 5.32 Å². The third-order valence-corrected chi connectivity index (χ3v) is 5.13. The van der Waals surface area contributed by atoms with Crippen molar-refractivity contribution in [3.8, 4) is 11.1 Å². The molecule has 1 saturated carbocycles. The third kappa shape index (κ3) is 2.35. The molecular formula is C20H23N. The summed E-state index contributed by atoms with van der Waals surface area (Å²) in [6.07, 6.45) is 4.99. The maximum absolute atomic E-state index is 3.75. The van der Waals surface area contributed by atoms with E-state index < -0.39 is 0 Å². The number of fused-ring (bicyclic) bond motifs is 3. The van der Waals surface area contributed by atoms with Crippen LogP contribution in [0.2, 0.25) is 0 Å². The van der Waals surface area contributed by atoms with Crippen LogP contribution >= 0.6 is 0 Å². The van der Waals surface area contributed by atoms with Crippen molar-refractivity contribution >= 4 is 5.69 Å². The van der Waals surface area contributed by atoms with E-state index in [1.54, 1.807) is 0 Å². The lowest BCUT2D eigenvalue weighted by molar-refractivity contribution is 0.378. The van der Waals surface area contributed by atoms with Gasteiger partial charge in [-0.1, -0.05) is 44.2 Å². The Morgan fingerprint density at radius 1 is 1.00 bits per heavy atom. The summed E-state index contributed by atoms with van der Waals surface area (Å²) >= 11 is 0. The Bertz CT molecular complexity index is 684. The van der Waals surface area contributed by atoms with Crippen LogP contribution in [0.1, 0.15) is 44.2 Å². The van der Waals surface area contributed by atoms with Crippen LogP contribution in [0.3, 0.4) is 0 Å². The highest BCUT2D eigenvalue weighted by molar-refractivity contribution is 5.78. The minimum Gasteiger partial charge on any atom is -0.382 e. The number of anilines is 1. The number of benzene rings is 2. The van der Waals surface area contributed by atoms with Crippen LogP contribution in [0.15, 0.2) is 42.5 Å². The van der Waals surface area contributed by atoms with Gasteiger partial charge in [0, 0.05) is 11.7 Å². The molecule has 0 aliphatic heterocycles. The first-order valence-corrected chi connectivity index (χ1v) is 8.08.